The summed E-state index contributed by atoms with van der Waals surface area (Å²) >= 11 is 3.40. The smallest absolute Gasteiger partial charge is 0.245 e. The Hall–Kier alpha value is -1.85. The maximum atomic E-state index is 12.3. The summed E-state index contributed by atoms with van der Waals surface area (Å²) in [6, 6.07) is 12.2. The summed E-state index contributed by atoms with van der Waals surface area (Å²) in [5.74, 6) is 0.320. The summed E-state index contributed by atoms with van der Waals surface area (Å²) in [6.07, 6.45) is 0. The summed E-state index contributed by atoms with van der Waals surface area (Å²) in [7, 11) is 1.56. The maximum Gasteiger partial charge on any atom is 0.245 e. The third-order valence-corrected chi connectivity index (χ3v) is 3.63. The van der Waals surface area contributed by atoms with Crippen LogP contribution in [0.25, 0.3) is 0 Å². The van der Waals surface area contributed by atoms with Crippen molar-refractivity contribution < 1.29 is 9.53 Å². The topological polar surface area (TPSA) is 64.3 Å². The number of benzene rings is 2. The molecule has 0 heterocycles. The first kappa shape index (κ1) is 15.5. The Morgan fingerprint density at radius 3 is 2.57 bits per heavy atom. The second kappa shape index (κ2) is 6.74. The van der Waals surface area contributed by atoms with Crippen molar-refractivity contribution in [1.82, 2.24) is 0 Å². The van der Waals surface area contributed by atoms with Crippen LogP contribution in [0, 0.1) is 6.92 Å². The van der Waals surface area contributed by atoms with Gasteiger partial charge in [0.05, 0.1) is 12.8 Å². The van der Waals surface area contributed by atoms with E-state index in [0.29, 0.717) is 11.4 Å². The van der Waals surface area contributed by atoms with E-state index in [9.17, 15) is 4.79 Å². The van der Waals surface area contributed by atoms with Crippen LogP contribution in [0.15, 0.2) is 46.9 Å². The van der Waals surface area contributed by atoms with Crippen molar-refractivity contribution in [2.75, 3.05) is 12.4 Å². The number of anilines is 1. The van der Waals surface area contributed by atoms with Gasteiger partial charge in [-0.2, -0.15) is 0 Å². The Labute approximate surface area is 132 Å². The highest BCUT2D eigenvalue weighted by atomic mass is 79.9. The molecule has 0 aliphatic rings. The summed E-state index contributed by atoms with van der Waals surface area (Å²) in [5, 5.41) is 2.85. The van der Waals surface area contributed by atoms with Gasteiger partial charge in [0, 0.05) is 4.47 Å². The van der Waals surface area contributed by atoms with Crippen LogP contribution < -0.4 is 15.8 Å². The standard InChI is InChI=1S/C16H17BrN2O2/c1-10-8-12(17)9-13(21-2)15(10)19-16(20)14(18)11-6-4-3-5-7-11/h3-9,14H,18H2,1-2H3,(H,19,20)/t14-/m0/s1. The van der Waals surface area contributed by atoms with Gasteiger partial charge in [0.15, 0.2) is 0 Å². The quantitative estimate of drug-likeness (QED) is 0.889. The predicted octanol–water partition coefficient (Wildman–Crippen LogP) is 3.40. The molecule has 0 aromatic heterocycles. The van der Waals surface area contributed by atoms with Gasteiger partial charge in [-0.3, -0.25) is 4.79 Å². The van der Waals surface area contributed by atoms with Crippen LogP contribution in [-0.2, 0) is 4.79 Å². The van der Waals surface area contributed by atoms with Crippen LogP contribution in [0.5, 0.6) is 5.75 Å². The van der Waals surface area contributed by atoms with Crippen LogP contribution in [-0.4, -0.2) is 13.0 Å². The molecular formula is C16H17BrN2O2. The Kier molecular flexibility index (Phi) is 4.98. The molecule has 110 valence electrons. The summed E-state index contributed by atoms with van der Waals surface area (Å²) in [5.41, 5.74) is 8.30. The molecule has 0 saturated carbocycles. The second-order valence-corrected chi connectivity index (χ2v) is 5.59. The number of carbonyl (C=O) groups is 1. The van der Waals surface area contributed by atoms with E-state index in [-0.39, 0.29) is 5.91 Å². The molecule has 5 heteroatoms. The molecule has 1 amide bonds. The summed E-state index contributed by atoms with van der Waals surface area (Å²) < 4.78 is 6.20. The second-order valence-electron chi connectivity index (χ2n) is 4.68. The van der Waals surface area contributed by atoms with Crippen LogP contribution in [0.1, 0.15) is 17.2 Å². The van der Waals surface area contributed by atoms with Crippen molar-refractivity contribution in [2.45, 2.75) is 13.0 Å². The molecule has 2 aromatic rings. The monoisotopic (exact) mass is 348 g/mol. The molecule has 4 nitrogen and oxygen atoms in total. The molecule has 0 spiro atoms. The van der Waals surface area contributed by atoms with Gasteiger partial charge < -0.3 is 15.8 Å². The lowest BCUT2D eigenvalue weighted by Crippen LogP contribution is -2.28. The summed E-state index contributed by atoms with van der Waals surface area (Å²) in [6.45, 7) is 1.90. The fraction of sp³-hybridized carbons (Fsp3) is 0.188. The Balaban J connectivity index is 2.24. The van der Waals surface area contributed by atoms with E-state index in [0.717, 1.165) is 15.6 Å². The highest BCUT2D eigenvalue weighted by molar-refractivity contribution is 9.10. The molecule has 0 aliphatic carbocycles. The largest absolute Gasteiger partial charge is 0.495 e. The molecule has 21 heavy (non-hydrogen) atoms. The molecule has 0 fully saturated rings. The van der Waals surface area contributed by atoms with E-state index in [1.165, 1.54) is 0 Å². The molecule has 2 aromatic carbocycles. The Bertz CT molecular complexity index is 644. The fourth-order valence-corrected chi connectivity index (χ4v) is 2.60. The number of hydrogen-bond donors (Lipinski definition) is 2. The van der Waals surface area contributed by atoms with E-state index in [2.05, 4.69) is 21.2 Å². The number of ether oxygens (including phenoxy) is 1. The van der Waals surface area contributed by atoms with Gasteiger partial charge in [-0.05, 0) is 30.2 Å². The van der Waals surface area contributed by atoms with Gasteiger partial charge in [0.1, 0.15) is 11.8 Å². The predicted molar refractivity (Wildman–Crippen MR) is 87.4 cm³/mol. The molecule has 0 saturated heterocycles. The first-order valence-electron chi connectivity index (χ1n) is 6.48. The number of carbonyl (C=O) groups excluding carboxylic acids is 1. The molecule has 3 N–H and O–H groups in total. The molecule has 1 atom stereocenters. The highest BCUT2D eigenvalue weighted by Gasteiger charge is 2.18. The minimum Gasteiger partial charge on any atom is -0.495 e. The number of halogens is 1. The van der Waals surface area contributed by atoms with Crippen LogP contribution in [0.4, 0.5) is 5.69 Å². The van der Waals surface area contributed by atoms with E-state index >= 15 is 0 Å². The average Bonchev–Trinajstić information content (AvgIpc) is 2.49. The third kappa shape index (κ3) is 3.62. The number of amides is 1. The minimum atomic E-state index is -0.723. The number of nitrogens with one attached hydrogen (secondary N) is 1. The first-order chi connectivity index (χ1) is 10.0. The molecule has 2 rings (SSSR count). The summed E-state index contributed by atoms with van der Waals surface area (Å²) in [4.78, 5) is 12.3. The lowest BCUT2D eigenvalue weighted by atomic mass is 10.1. The van der Waals surface area contributed by atoms with E-state index in [4.69, 9.17) is 10.5 Å². The number of nitrogens with two attached hydrogens (primary N) is 1. The van der Waals surface area contributed by atoms with Gasteiger partial charge in [-0.25, -0.2) is 0 Å². The Morgan fingerprint density at radius 2 is 1.95 bits per heavy atom. The van der Waals surface area contributed by atoms with Crippen molar-refractivity contribution in [3.63, 3.8) is 0 Å². The zero-order valence-electron chi connectivity index (χ0n) is 11.9. The average molecular weight is 349 g/mol. The van der Waals surface area contributed by atoms with Crippen molar-refractivity contribution in [3.05, 3.63) is 58.1 Å². The molecule has 0 unspecified atom stereocenters. The maximum absolute atomic E-state index is 12.3. The van der Waals surface area contributed by atoms with Gasteiger partial charge >= 0.3 is 0 Å². The molecule has 0 bridgehead atoms. The number of methoxy groups -OCH3 is 1. The van der Waals surface area contributed by atoms with Gasteiger partial charge in [-0.1, -0.05) is 46.3 Å². The lowest BCUT2D eigenvalue weighted by molar-refractivity contribution is -0.117. The van der Waals surface area contributed by atoms with E-state index in [1.54, 1.807) is 13.2 Å². The van der Waals surface area contributed by atoms with E-state index < -0.39 is 6.04 Å². The minimum absolute atomic E-state index is 0.273. The van der Waals surface area contributed by atoms with Gasteiger partial charge in [-0.15, -0.1) is 0 Å². The van der Waals surface area contributed by atoms with Gasteiger partial charge in [0.25, 0.3) is 0 Å². The molecule has 0 aliphatic heterocycles. The first-order valence-corrected chi connectivity index (χ1v) is 7.27. The fourth-order valence-electron chi connectivity index (χ4n) is 2.05. The normalized spacial score (nSPS) is 11.8. The Morgan fingerprint density at radius 1 is 1.29 bits per heavy atom. The number of rotatable bonds is 4. The highest BCUT2D eigenvalue weighted by Crippen LogP contribution is 2.32. The van der Waals surface area contributed by atoms with Crippen molar-refractivity contribution >= 4 is 27.5 Å². The van der Waals surface area contributed by atoms with Crippen LogP contribution >= 0.6 is 15.9 Å². The molecular weight excluding hydrogens is 332 g/mol. The van der Waals surface area contributed by atoms with Crippen molar-refractivity contribution in [1.29, 1.82) is 0 Å². The SMILES string of the molecule is COc1cc(Br)cc(C)c1NC(=O)[C@@H](N)c1ccccc1. The van der Waals surface area contributed by atoms with Crippen molar-refractivity contribution in [2.24, 2.45) is 5.73 Å². The van der Waals surface area contributed by atoms with Crippen molar-refractivity contribution in [3.8, 4) is 5.75 Å². The van der Waals surface area contributed by atoms with E-state index in [1.807, 2.05) is 43.3 Å². The zero-order chi connectivity index (χ0) is 15.4. The van der Waals surface area contributed by atoms with Gasteiger partial charge in [0.2, 0.25) is 5.91 Å². The third-order valence-electron chi connectivity index (χ3n) is 3.17. The number of hydrogen-bond acceptors (Lipinski definition) is 3. The lowest BCUT2D eigenvalue weighted by Gasteiger charge is -2.17. The number of aryl methyl sites for hydroxylation is 1. The molecule has 0 radical (unpaired) electrons. The zero-order valence-corrected chi connectivity index (χ0v) is 13.5. The van der Waals surface area contributed by atoms with Crippen LogP contribution in [0.2, 0.25) is 0 Å². The van der Waals surface area contributed by atoms with Crippen LogP contribution in [0.3, 0.4) is 0 Å².